The number of hydrogen-bond donors (Lipinski definition) is 1. The monoisotopic (exact) mass is 281 g/mol. The smallest absolute Gasteiger partial charge is 0.118 e. The fourth-order valence-corrected chi connectivity index (χ4v) is 2.31. The van der Waals surface area contributed by atoms with Gasteiger partial charge in [0.2, 0.25) is 0 Å². The van der Waals surface area contributed by atoms with E-state index in [1.54, 1.807) is 0 Å². The molecule has 0 unspecified atom stereocenters. The molecule has 1 heterocycles. The zero-order chi connectivity index (χ0) is 14.5. The number of hydrogen-bond acceptors (Lipinski definition) is 4. The van der Waals surface area contributed by atoms with Gasteiger partial charge in [-0.05, 0) is 51.7 Å². The van der Waals surface area contributed by atoms with Gasteiger partial charge in [-0.1, -0.05) is 0 Å². The van der Waals surface area contributed by atoms with Crippen LogP contribution in [-0.4, -0.2) is 41.9 Å². The Bertz CT molecular complexity index is 398. The summed E-state index contributed by atoms with van der Waals surface area (Å²) in [6.45, 7) is 8.78. The van der Waals surface area contributed by atoms with Crippen molar-refractivity contribution >= 4 is 0 Å². The van der Waals surface area contributed by atoms with Crippen molar-refractivity contribution in [1.82, 2.24) is 4.90 Å². The predicted molar refractivity (Wildman–Crippen MR) is 78.5 cm³/mol. The molecular formula is C16H27NO3. The summed E-state index contributed by atoms with van der Waals surface area (Å²) in [6.07, 6.45) is 2.35. The lowest BCUT2D eigenvalue weighted by atomic mass is 10.2. The molecule has 1 saturated carbocycles. The van der Waals surface area contributed by atoms with E-state index in [9.17, 15) is 5.11 Å². The van der Waals surface area contributed by atoms with Crippen LogP contribution in [0.25, 0.3) is 0 Å². The van der Waals surface area contributed by atoms with Crippen LogP contribution in [0.4, 0.5) is 0 Å². The second-order valence-corrected chi connectivity index (χ2v) is 6.19. The van der Waals surface area contributed by atoms with Crippen LogP contribution in [0.5, 0.6) is 0 Å². The molecule has 0 spiro atoms. The van der Waals surface area contributed by atoms with Gasteiger partial charge in [0.1, 0.15) is 11.5 Å². The molecular weight excluding hydrogens is 254 g/mol. The summed E-state index contributed by atoms with van der Waals surface area (Å²) < 4.78 is 11.1. The Kier molecular flexibility index (Phi) is 5.64. The standard InChI is InChI=1S/C16H27NO3/c1-12(2)19-11-15(18)9-17(8-14-5-6-14)10-16-7-4-13(3)20-16/h4,7,12,14-15,18H,5-6,8-11H2,1-3H3/t15-/m1/s1. The molecule has 4 heteroatoms. The lowest BCUT2D eigenvalue weighted by molar-refractivity contribution is -0.0108. The Balaban J connectivity index is 1.82. The highest BCUT2D eigenvalue weighted by Gasteiger charge is 2.26. The first-order valence-corrected chi connectivity index (χ1v) is 7.60. The Hall–Kier alpha value is -0.840. The lowest BCUT2D eigenvalue weighted by Crippen LogP contribution is -2.36. The first-order valence-electron chi connectivity index (χ1n) is 7.60. The van der Waals surface area contributed by atoms with Crippen LogP contribution in [0.15, 0.2) is 16.5 Å². The van der Waals surface area contributed by atoms with Gasteiger partial charge in [0.15, 0.2) is 0 Å². The van der Waals surface area contributed by atoms with E-state index in [2.05, 4.69) is 4.90 Å². The van der Waals surface area contributed by atoms with Crippen LogP contribution >= 0.6 is 0 Å². The van der Waals surface area contributed by atoms with Crippen molar-refractivity contribution < 1.29 is 14.3 Å². The molecule has 114 valence electrons. The van der Waals surface area contributed by atoms with Gasteiger partial charge < -0.3 is 14.3 Å². The average molecular weight is 281 g/mol. The van der Waals surface area contributed by atoms with Crippen LogP contribution in [0.1, 0.15) is 38.2 Å². The van der Waals surface area contributed by atoms with Crippen LogP contribution in [0, 0.1) is 12.8 Å². The molecule has 1 aliphatic rings. The maximum absolute atomic E-state index is 10.1. The van der Waals surface area contributed by atoms with E-state index >= 15 is 0 Å². The molecule has 1 fully saturated rings. The Morgan fingerprint density at radius 3 is 2.70 bits per heavy atom. The van der Waals surface area contributed by atoms with Crippen molar-refractivity contribution in [2.75, 3.05) is 19.7 Å². The van der Waals surface area contributed by atoms with Crippen molar-refractivity contribution in [3.8, 4) is 0 Å². The average Bonchev–Trinajstić information content (AvgIpc) is 3.09. The van der Waals surface area contributed by atoms with Crippen LogP contribution in [0.2, 0.25) is 0 Å². The van der Waals surface area contributed by atoms with Crippen molar-refractivity contribution in [2.45, 2.75) is 52.4 Å². The van der Waals surface area contributed by atoms with Gasteiger partial charge in [-0.15, -0.1) is 0 Å². The molecule has 1 atom stereocenters. The van der Waals surface area contributed by atoms with E-state index in [-0.39, 0.29) is 6.10 Å². The van der Waals surface area contributed by atoms with Gasteiger partial charge in [0.25, 0.3) is 0 Å². The normalized spacial score (nSPS) is 17.1. The van der Waals surface area contributed by atoms with Gasteiger partial charge in [-0.2, -0.15) is 0 Å². The molecule has 1 aliphatic carbocycles. The number of aliphatic hydroxyl groups is 1. The molecule has 1 aromatic rings. The van der Waals surface area contributed by atoms with E-state index in [4.69, 9.17) is 9.15 Å². The minimum atomic E-state index is -0.438. The van der Waals surface area contributed by atoms with Crippen LogP contribution < -0.4 is 0 Å². The molecule has 20 heavy (non-hydrogen) atoms. The summed E-state index contributed by atoms with van der Waals surface area (Å²) in [6, 6.07) is 4.01. The molecule has 4 nitrogen and oxygen atoms in total. The van der Waals surface area contributed by atoms with Crippen molar-refractivity contribution in [3.63, 3.8) is 0 Å². The first-order chi connectivity index (χ1) is 9.52. The number of nitrogens with zero attached hydrogens (tertiary/aromatic N) is 1. The summed E-state index contributed by atoms with van der Waals surface area (Å²) in [4.78, 5) is 2.28. The first kappa shape index (κ1) is 15.5. The zero-order valence-corrected chi connectivity index (χ0v) is 12.8. The van der Waals surface area contributed by atoms with Gasteiger partial charge in [-0.25, -0.2) is 0 Å². The fourth-order valence-electron chi connectivity index (χ4n) is 2.31. The maximum Gasteiger partial charge on any atom is 0.118 e. The SMILES string of the molecule is Cc1ccc(CN(CC2CC2)C[C@@H](O)COC(C)C)o1. The van der Waals surface area contributed by atoms with Crippen LogP contribution in [-0.2, 0) is 11.3 Å². The van der Waals surface area contributed by atoms with E-state index in [1.165, 1.54) is 12.8 Å². The highest BCUT2D eigenvalue weighted by Crippen LogP contribution is 2.30. The molecule has 2 rings (SSSR count). The Morgan fingerprint density at radius 1 is 1.40 bits per heavy atom. The molecule has 0 radical (unpaired) electrons. The topological polar surface area (TPSA) is 45.8 Å². The van der Waals surface area contributed by atoms with E-state index in [0.29, 0.717) is 13.2 Å². The molecule has 0 saturated heterocycles. The van der Waals surface area contributed by atoms with Gasteiger partial charge in [0, 0.05) is 13.1 Å². The summed E-state index contributed by atoms with van der Waals surface area (Å²) in [7, 11) is 0. The van der Waals surface area contributed by atoms with Crippen molar-refractivity contribution in [3.05, 3.63) is 23.7 Å². The number of furan rings is 1. The third-order valence-electron chi connectivity index (χ3n) is 3.48. The third kappa shape index (κ3) is 5.65. The van der Waals surface area contributed by atoms with Gasteiger partial charge >= 0.3 is 0 Å². The molecule has 0 bridgehead atoms. The van der Waals surface area contributed by atoms with E-state index in [1.807, 2.05) is 32.9 Å². The largest absolute Gasteiger partial charge is 0.465 e. The zero-order valence-electron chi connectivity index (χ0n) is 12.8. The highest BCUT2D eigenvalue weighted by atomic mass is 16.5. The van der Waals surface area contributed by atoms with E-state index in [0.717, 1.165) is 30.5 Å². The third-order valence-corrected chi connectivity index (χ3v) is 3.48. The fraction of sp³-hybridized carbons (Fsp3) is 0.750. The van der Waals surface area contributed by atoms with Crippen molar-refractivity contribution in [1.29, 1.82) is 0 Å². The number of ether oxygens (including phenoxy) is 1. The number of aryl methyl sites for hydroxylation is 1. The predicted octanol–water partition coefficient (Wildman–Crippen LogP) is 2.59. The maximum atomic E-state index is 10.1. The molecule has 0 aromatic carbocycles. The van der Waals surface area contributed by atoms with Crippen LogP contribution in [0.3, 0.4) is 0 Å². The number of rotatable bonds is 9. The second kappa shape index (κ2) is 7.25. The molecule has 0 amide bonds. The number of aliphatic hydroxyl groups excluding tert-OH is 1. The summed E-state index contributed by atoms with van der Waals surface area (Å²) >= 11 is 0. The quantitative estimate of drug-likeness (QED) is 0.755. The van der Waals surface area contributed by atoms with E-state index < -0.39 is 6.10 Å². The highest BCUT2D eigenvalue weighted by molar-refractivity contribution is 5.05. The Morgan fingerprint density at radius 2 is 2.15 bits per heavy atom. The van der Waals surface area contributed by atoms with Gasteiger partial charge in [-0.3, -0.25) is 4.90 Å². The van der Waals surface area contributed by atoms with Gasteiger partial charge in [0.05, 0.1) is 25.4 Å². The second-order valence-electron chi connectivity index (χ2n) is 6.19. The summed E-state index contributed by atoms with van der Waals surface area (Å²) in [5.41, 5.74) is 0. The minimum absolute atomic E-state index is 0.161. The molecule has 1 aromatic heterocycles. The molecule has 1 N–H and O–H groups in total. The molecule has 0 aliphatic heterocycles. The summed E-state index contributed by atoms with van der Waals surface area (Å²) in [5.74, 6) is 2.71. The Labute approximate surface area is 121 Å². The summed E-state index contributed by atoms with van der Waals surface area (Å²) in [5, 5.41) is 10.1. The minimum Gasteiger partial charge on any atom is -0.465 e. The lowest BCUT2D eigenvalue weighted by Gasteiger charge is -2.24. The van der Waals surface area contributed by atoms with Crippen molar-refractivity contribution in [2.24, 2.45) is 5.92 Å².